The van der Waals surface area contributed by atoms with Crippen LogP contribution >= 0.6 is 0 Å². The van der Waals surface area contributed by atoms with Crippen molar-refractivity contribution in [1.29, 1.82) is 0 Å². The number of ether oxygens (including phenoxy) is 8. The molecule has 109 heavy (non-hydrogen) atoms. The minimum Gasteiger partial charge on any atom is -0.459 e. The minimum atomic E-state index is -1.09. The Labute approximate surface area is 650 Å². The highest BCUT2D eigenvalue weighted by atomic mass is 16.6. The third-order valence-electron chi connectivity index (χ3n) is 17.0. The number of likely N-dealkylation sites (N-methyl/N-ethyl adjacent to an activating group) is 2. The van der Waals surface area contributed by atoms with Crippen molar-refractivity contribution in [2.75, 3.05) is 104 Å². The van der Waals surface area contributed by atoms with Crippen LogP contribution in [0.3, 0.4) is 0 Å². The molecule has 2 aromatic rings. The molecule has 618 valence electrons. The number of hydrogen-bond donors (Lipinski definition) is 1. The van der Waals surface area contributed by atoms with Crippen LogP contribution in [0, 0.1) is 20.9 Å². The number of nitro groups is 1. The summed E-state index contributed by atoms with van der Waals surface area (Å²) in [5.41, 5.74) is 1.54. The van der Waals surface area contributed by atoms with Crippen molar-refractivity contribution in [2.24, 2.45) is 10.8 Å². The first-order valence-corrected chi connectivity index (χ1v) is 38.4. The van der Waals surface area contributed by atoms with Gasteiger partial charge in [-0.15, -0.1) is 0 Å². The fraction of sp³-hybridized carbons (Fsp3) is 0.744. The Kier molecular flexibility index (Phi) is 35.4. The van der Waals surface area contributed by atoms with E-state index in [4.69, 9.17) is 43.6 Å². The lowest BCUT2D eigenvalue weighted by molar-refractivity contribution is -0.384. The van der Waals surface area contributed by atoms with E-state index in [9.17, 15) is 53.3 Å². The molecular weight excluding hydrogens is 1400 g/mol. The van der Waals surface area contributed by atoms with Crippen LogP contribution in [0.1, 0.15) is 230 Å². The summed E-state index contributed by atoms with van der Waals surface area (Å²) in [5, 5.41) is 11.4. The normalized spacial score (nSPS) is 15.3. The molecule has 0 radical (unpaired) electrons. The molecule has 27 nitrogen and oxygen atoms in total. The molecule has 2 aliphatic carbocycles. The molecule has 0 aromatic heterocycles. The number of amides is 1. The Morgan fingerprint density at radius 2 is 0.670 bits per heavy atom. The SMILES string of the molecule is CCN(CC(Cc1ccc(N)cc1)N(CC(=O)OC(C)(C)C)CC(=O)OC(C)(C)C)CC1(CN(CC(=O)OC(C)(C)C)CC(=O)OC(C)(C)C)CCC1.CCN(CC1(CN(CC(=O)OC(C)(C)C)CC(=O)OC(C)(C)C)CCC1)C(=O)C(Cc1ccc([N+](=O)[O-])cc1)N(CC(=O)OC(C)(C)C)CC(=O)OC(C)(C)C. The van der Waals surface area contributed by atoms with Crippen LogP contribution < -0.4 is 5.73 Å². The lowest BCUT2D eigenvalue weighted by Crippen LogP contribution is -2.57. The molecule has 1 amide bonds. The molecule has 2 unspecified atom stereocenters. The second-order valence-electron chi connectivity index (χ2n) is 37.4. The minimum absolute atomic E-state index is 0.00926. The van der Waals surface area contributed by atoms with Crippen molar-refractivity contribution in [3.63, 3.8) is 0 Å². The third kappa shape index (κ3) is 39.9. The first-order chi connectivity index (χ1) is 49.6. The predicted octanol–water partition coefficient (Wildman–Crippen LogP) is 11.1. The van der Waals surface area contributed by atoms with Gasteiger partial charge < -0.3 is 53.4 Å². The van der Waals surface area contributed by atoms with Crippen molar-refractivity contribution in [3.05, 3.63) is 69.8 Å². The number of hydrogen-bond acceptors (Lipinski definition) is 25. The Morgan fingerprint density at radius 3 is 0.945 bits per heavy atom. The standard InChI is InChI=1S/C41H66N4O11.C41H70N4O8/c1-14-43(28-41(20-15-21-41)27-42(23-32(46)53-37(2,3)4)24-33(47)54-38(5,6)7)36(50)31(22-29-16-18-30(19-17-29)45(51)52)44(25-34(48)55-39(8,9)10)26-35(49)56-40(11,12)13;1-14-43(28-41(20-15-21-41)29-44(24-33(46)50-37(2,3)4)25-34(47)51-38(5,6)7)23-32(22-30-16-18-31(42)19-17-30)45(26-35(48)52-39(8,9)10)27-36(49)53-40(11,12)13/h16-19,31H,14-15,20-28H2,1-13H3;16-19,32H,14-15,20-29,42H2,1-13H3. The van der Waals surface area contributed by atoms with Crippen LogP contribution in [0.5, 0.6) is 0 Å². The lowest BCUT2D eigenvalue weighted by Gasteiger charge is -2.48. The monoisotopic (exact) mass is 1540 g/mol. The smallest absolute Gasteiger partial charge is 0.320 e. The number of nitrogens with zero attached hydrogens (tertiary/aromatic N) is 7. The number of carbonyl (C=O) groups excluding carboxylic acids is 9. The zero-order valence-electron chi connectivity index (χ0n) is 71.0. The van der Waals surface area contributed by atoms with Gasteiger partial charge in [-0.2, -0.15) is 0 Å². The predicted molar refractivity (Wildman–Crippen MR) is 419 cm³/mol. The Morgan fingerprint density at radius 1 is 0.394 bits per heavy atom. The molecule has 27 heteroatoms. The number of non-ortho nitro benzene ring substituents is 1. The van der Waals surface area contributed by atoms with E-state index >= 15 is 0 Å². The van der Waals surface area contributed by atoms with Gasteiger partial charge >= 0.3 is 47.8 Å². The van der Waals surface area contributed by atoms with Crippen LogP contribution in [0.4, 0.5) is 11.4 Å². The Bertz CT molecular complexity index is 3190. The van der Waals surface area contributed by atoms with Gasteiger partial charge in [-0.1, -0.05) is 44.0 Å². The molecular formula is C82H136N8O19. The second kappa shape index (κ2) is 40.2. The van der Waals surface area contributed by atoms with Crippen LogP contribution in [0.25, 0.3) is 0 Å². The molecule has 0 spiro atoms. The molecule has 2 N–H and O–H groups in total. The summed E-state index contributed by atoms with van der Waals surface area (Å²) in [6, 6.07) is 12.0. The van der Waals surface area contributed by atoms with E-state index < -0.39 is 122 Å². The maximum Gasteiger partial charge on any atom is 0.320 e. The molecule has 0 saturated heterocycles. The molecule has 2 atom stereocenters. The number of carbonyl (C=O) groups is 9. The van der Waals surface area contributed by atoms with Gasteiger partial charge in [0.2, 0.25) is 5.91 Å². The number of nitrogens with two attached hydrogens (primary N) is 1. The quantitative estimate of drug-likeness (QED) is 0.0218. The van der Waals surface area contributed by atoms with Crippen molar-refractivity contribution >= 4 is 65.0 Å². The highest BCUT2D eigenvalue weighted by Crippen LogP contribution is 2.44. The van der Waals surface area contributed by atoms with E-state index in [1.54, 1.807) is 105 Å². The molecule has 2 saturated carbocycles. The van der Waals surface area contributed by atoms with Gasteiger partial charge in [0.1, 0.15) is 44.8 Å². The van der Waals surface area contributed by atoms with Gasteiger partial charge in [0.25, 0.3) is 5.69 Å². The highest BCUT2D eigenvalue weighted by Gasteiger charge is 2.46. The number of nitrogen functional groups attached to an aromatic ring is 1. The van der Waals surface area contributed by atoms with Crippen molar-refractivity contribution in [3.8, 4) is 0 Å². The van der Waals surface area contributed by atoms with E-state index in [1.165, 1.54) is 17.0 Å². The van der Waals surface area contributed by atoms with E-state index in [2.05, 4.69) is 11.8 Å². The van der Waals surface area contributed by atoms with Crippen molar-refractivity contribution in [2.45, 2.75) is 288 Å². The maximum absolute atomic E-state index is 14.9. The van der Waals surface area contributed by atoms with Gasteiger partial charge in [0.05, 0.1) is 63.3 Å². The van der Waals surface area contributed by atoms with Gasteiger partial charge in [0.15, 0.2) is 0 Å². The van der Waals surface area contributed by atoms with Crippen LogP contribution in [0.15, 0.2) is 48.5 Å². The van der Waals surface area contributed by atoms with E-state index in [0.29, 0.717) is 63.2 Å². The van der Waals surface area contributed by atoms with Crippen molar-refractivity contribution < 1.29 is 86.0 Å². The fourth-order valence-corrected chi connectivity index (χ4v) is 13.0. The molecule has 2 fully saturated rings. The van der Waals surface area contributed by atoms with Gasteiger partial charge in [-0.25, -0.2) is 0 Å². The third-order valence-corrected chi connectivity index (χ3v) is 17.0. The number of benzene rings is 2. The first-order valence-electron chi connectivity index (χ1n) is 38.4. The fourth-order valence-electron chi connectivity index (χ4n) is 13.0. The maximum atomic E-state index is 14.9. The summed E-state index contributed by atoms with van der Waals surface area (Å²) < 4.78 is 45.2. The van der Waals surface area contributed by atoms with Gasteiger partial charge in [-0.3, -0.25) is 72.9 Å². The number of esters is 8. The summed E-state index contributed by atoms with van der Waals surface area (Å²) in [6.07, 6.45) is 5.71. The Balaban J connectivity index is 0.000000566. The average molecular weight is 1540 g/mol. The molecule has 0 bridgehead atoms. The summed E-state index contributed by atoms with van der Waals surface area (Å²) in [7, 11) is 0. The summed E-state index contributed by atoms with van der Waals surface area (Å²) in [5.74, 6) is -4.33. The molecule has 0 aliphatic heterocycles. The lowest BCUT2D eigenvalue weighted by atomic mass is 9.68. The van der Waals surface area contributed by atoms with Crippen LogP contribution in [-0.2, 0) is 93.9 Å². The summed E-state index contributed by atoms with van der Waals surface area (Å²) >= 11 is 0. The first kappa shape index (κ1) is 95.9. The molecule has 2 aliphatic rings. The van der Waals surface area contributed by atoms with Crippen LogP contribution in [0.2, 0.25) is 0 Å². The van der Waals surface area contributed by atoms with E-state index in [-0.39, 0.29) is 81.8 Å². The van der Waals surface area contributed by atoms with Gasteiger partial charge in [0, 0.05) is 68.5 Å². The topological polar surface area (TPSA) is 316 Å². The largest absolute Gasteiger partial charge is 0.459 e. The molecule has 0 heterocycles. The zero-order chi connectivity index (χ0) is 83.3. The van der Waals surface area contributed by atoms with Crippen molar-refractivity contribution in [1.82, 2.24) is 29.4 Å². The van der Waals surface area contributed by atoms with E-state index in [0.717, 1.165) is 31.2 Å². The summed E-state index contributed by atoms with van der Waals surface area (Å²) in [6.45, 7) is 48.5. The molecule has 2 aromatic carbocycles. The van der Waals surface area contributed by atoms with Crippen LogP contribution in [-0.4, -0.2) is 243 Å². The summed E-state index contributed by atoms with van der Waals surface area (Å²) in [4.78, 5) is 142. The highest BCUT2D eigenvalue weighted by molar-refractivity contribution is 5.85. The van der Waals surface area contributed by atoms with Gasteiger partial charge in [-0.05, 0) is 247 Å². The Hall–Kier alpha value is -7.33. The number of anilines is 1. The number of nitro benzene ring substituents is 1. The van der Waals surface area contributed by atoms with E-state index in [1.807, 2.05) is 124 Å². The zero-order valence-corrected chi connectivity index (χ0v) is 71.0. The number of rotatable bonds is 36. The average Bonchev–Trinajstić information content (AvgIpc) is 0.809. The second-order valence-corrected chi connectivity index (χ2v) is 37.4. The molecule has 4 rings (SSSR count).